The van der Waals surface area contributed by atoms with Crippen molar-refractivity contribution in [3.05, 3.63) is 89.5 Å². The smallest absolute Gasteiger partial charge is 0.262 e. The lowest BCUT2D eigenvalue weighted by Crippen LogP contribution is -2.20. The van der Waals surface area contributed by atoms with Gasteiger partial charge < -0.3 is 19.5 Å². The van der Waals surface area contributed by atoms with Crippen LogP contribution in [0.2, 0.25) is 0 Å². The molecule has 0 heterocycles. The largest absolute Gasteiger partial charge is 0.496 e. The molecule has 0 aliphatic rings. The quantitative estimate of drug-likeness (QED) is 0.338. The fourth-order valence-electron chi connectivity index (χ4n) is 3.10. The number of benzene rings is 3. The van der Waals surface area contributed by atoms with Gasteiger partial charge in [0.25, 0.3) is 5.91 Å². The van der Waals surface area contributed by atoms with Gasteiger partial charge in [0.1, 0.15) is 5.75 Å². The highest BCUT2D eigenvalue weighted by molar-refractivity contribution is 6.08. The van der Waals surface area contributed by atoms with Gasteiger partial charge in [-0.05, 0) is 61.9 Å². The van der Waals surface area contributed by atoms with Crippen LogP contribution in [0, 0.1) is 6.92 Å². The van der Waals surface area contributed by atoms with E-state index in [4.69, 9.17) is 14.2 Å². The number of ether oxygens (including phenoxy) is 3. The molecule has 3 rings (SSSR count). The number of anilines is 1. The van der Waals surface area contributed by atoms with E-state index in [0.29, 0.717) is 35.1 Å². The van der Waals surface area contributed by atoms with Crippen LogP contribution in [-0.2, 0) is 4.79 Å². The number of ketones is 1. The van der Waals surface area contributed by atoms with E-state index >= 15 is 0 Å². The average molecular weight is 446 g/mol. The van der Waals surface area contributed by atoms with Gasteiger partial charge in [0.2, 0.25) is 0 Å². The van der Waals surface area contributed by atoms with Crippen LogP contribution >= 0.6 is 0 Å². The normalized spacial score (nSPS) is 10.6. The second-order valence-corrected chi connectivity index (χ2v) is 7.24. The topological polar surface area (TPSA) is 73.9 Å². The minimum Gasteiger partial charge on any atom is -0.496 e. The van der Waals surface area contributed by atoms with Crippen molar-refractivity contribution in [2.45, 2.75) is 13.8 Å². The van der Waals surface area contributed by atoms with Crippen molar-refractivity contribution in [1.29, 1.82) is 0 Å². The molecule has 0 bridgehead atoms. The molecular weight excluding hydrogens is 418 g/mol. The lowest BCUT2D eigenvalue weighted by atomic mass is 10.1. The zero-order chi connectivity index (χ0) is 23.6. The summed E-state index contributed by atoms with van der Waals surface area (Å²) >= 11 is 0. The Morgan fingerprint density at radius 3 is 2.39 bits per heavy atom. The van der Waals surface area contributed by atoms with Crippen molar-refractivity contribution < 1.29 is 23.8 Å². The SMILES string of the molecule is CCOc1cc(/C=C/C(=O)c2ccccc2OC)ccc1OCC(=O)Nc1ccc(C)cc1. The maximum atomic E-state index is 12.6. The van der Waals surface area contributed by atoms with Crippen LogP contribution in [0.25, 0.3) is 6.08 Å². The van der Waals surface area contributed by atoms with Gasteiger partial charge in [0.05, 0.1) is 19.3 Å². The molecule has 0 aliphatic carbocycles. The molecule has 33 heavy (non-hydrogen) atoms. The van der Waals surface area contributed by atoms with Crippen LogP contribution in [0.5, 0.6) is 17.2 Å². The summed E-state index contributed by atoms with van der Waals surface area (Å²) in [6.07, 6.45) is 3.18. The summed E-state index contributed by atoms with van der Waals surface area (Å²) in [5, 5.41) is 2.80. The van der Waals surface area contributed by atoms with E-state index in [0.717, 1.165) is 11.1 Å². The Bertz CT molecular complexity index is 1140. The number of carbonyl (C=O) groups excluding carboxylic acids is 2. The zero-order valence-electron chi connectivity index (χ0n) is 19.0. The number of hydrogen-bond donors (Lipinski definition) is 1. The lowest BCUT2D eigenvalue weighted by Gasteiger charge is -2.13. The van der Waals surface area contributed by atoms with E-state index in [2.05, 4.69) is 5.32 Å². The summed E-state index contributed by atoms with van der Waals surface area (Å²) < 4.78 is 16.6. The van der Waals surface area contributed by atoms with E-state index in [1.165, 1.54) is 13.2 Å². The third-order valence-corrected chi connectivity index (χ3v) is 4.76. The molecular formula is C27H27NO5. The van der Waals surface area contributed by atoms with Gasteiger partial charge in [-0.1, -0.05) is 42.0 Å². The van der Waals surface area contributed by atoms with E-state index in [9.17, 15) is 9.59 Å². The minimum absolute atomic E-state index is 0.157. The second kappa shape index (κ2) is 11.5. The predicted octanol–water partition coefficient (Wildman–Crippen LogP) is 5.32. The summed E-state index contributed by atoms with van der Waals surface area (Å²) in [7, 11) is 1.53. The molecule has 170 valence electrons. The van der Waals surface area contributed by atoms with E-state index in [1.807, 2.05) is 44.2 Å². The van der Waals surface area contributed by atoms with Crippen molar-refractivity contribution in [2.24, 2.45) is 0 Å². The Morgan fingerprint density at radius 1 is 0.909 bits per heavy atom. The molecule has 0 saturated heterocycles. The van der Waals surface area contributed by atoms with Crippen molar-refractivity contribution in [3.63, 3.8) is 0 Å². The number of rotatable bonds is 10. The predicted molar refractivity (Wildman–Crippen MR) is 129 cm³/mol. The Morgan fingerprint density at radius 2 is 1.67 bits per heavy atom. The number of nitrogens with one attached hydrogen (secondary N) is 1. The first-order valence-electron chi connectivity index (χ1n) is 10.6. The van der Waals surface area contributed by atoms with Crippen LogP contribution in [0.3, 0.4) is 0 Å². The van der Waals surface area contributed by atoms with Crippen LogP contribution in [0.4, 0.5) is 5.69 Å². The number of carbonyl (C=O) groups is 2. The molecule has 0 aliphatic heterocycles. The number of aryl methyl sites for hydroxylation is 1. The monoisotopic (exact) mass is 445 g/mol. The molecule has 3 aromatic rings. The van der Waals surface area contributed by atoms with Crippen molar-refractivity contribution in [3.8, 4) is 17.2 Å². The maximum absolute atomic E-state index is 12.6. The van der Waals surface area contributed by atoms with Crippen molar-refractivity contribution in [1.82, 2.24) is 0 Å². The van der Waals surface area contributed by atoms with Crippen molar-refractivity contribution in [2.75, 3.05) is 25.6 Å². The average Bonchev–Trinajstić information content (AvgIpc) is 2.83. The number of methoxy groups -OCH3 is 1. The summed E-state index contributed by atoms with van der Waals surface area (Å²) in [4.78, 5) is 24.8. The number of amides is 1. The third-order valence-electron chi connectivity index (χ3n) is 4.76. The molecule has 0 atom stereocenters. The molecule has 3 aromatic carbocycles. The van der Waals surface area contributed by atoms with E-state index in [1.54, 1.807) is 42.5 Å². The molecule has 0 fully saturated rings. The van der Waals surface area contributed by atoms with Gasteiger partial charge in [-0.25, -0.2) is 0 Å². The maximum Gasteiger partial charge on any atom is 0.262 e. The van der Waals surface area contributed by atoms with Gasteiger partial charge >= 0.3 is 0 Å². The number of para-hydroxylation sites is 1. The van der Waals surface area contributed by atoms with Gasteiger partial charge in [0, 0.05) is 5.69 Å². The van der Waals surface area contributed by atoms with E-state index in [-0.39, 0.29) is 18.3 Å². The molecule has 0 unspecified atom stereocenters. The summed E-state index contributed by atoms with van der Waals surface area (Å²) in [5.74, 6) is 1.03. The fourth-order valence-corrected chi connectivity index (χ4v) is 3.10. The molecule has 6 nitrogen and oxygen atoms in total. The fraction of sp³-hybridized carbons (Fsp3) is 0.185. The highest BCUT2D eigenvalue weighted by atomic mass is 16.5. The molecule has 6 heteroatoms. The zero-order valence-corrected chi connectivity index (χ0v) is 19.0. The van der Waals surface area contributed by atoms with Gasteiger partial charge in [-0.2, -0.15) is 0 Å². The van der Waals surface area contributed by atoms with Gasteiger partial charge in [0.15, 0.2) is 23.9 Å². The van der Waals surface area contributed by atoms with Gasteiger partial charge in [-0.3, -0.25) is 9.59 Å². The molecule has 1 amide bonds. The van der Waals surface area contributed by atoms with Crippen LogP contribution in [-0.4, -0.2) is 32.0 Å². The van der Waals surface area contributed by atoms with Crippen LogP contribution in [0.1, 0.15) is 28.4 Å². The van der Waals surface area contributed by atoms with E-state index < -0.39 is 0 Å². The standard InChI is InChI=1S/C27H27NO5/c1-4-32-26-17-20(11-15-23(29)22-7-5-6-8-24(22)31-3)12-16-25(26)33-18-27(30)28-21-13-9-19(2)10-14-21/h5-17H,4,18H2,1-3H3,(H,28,30)/b15-11+. The Kier molecular flexibility index (Phi) is 8.24. The molecule has 0 saturated carbocycles. The first-order chi connectivity index (χ1) is 16.0. The molecule has 0 radical (unpaired) electrons. The van der Waals surface area contributed by atoms with Gasteiger partial charge in [-0.15, -0.1) is 0 Å². The Labute approximate surface area is 193 Å². The number of allylic oxidation sites excluding steroid dienone is 1. The molecule has 0 spiro atoms. The summed E-state index contributed by atoms with van der Waals surface area (Å²) in [6, 6.07) is 19.9. The summed E-state index contributed by atoms with van der Waals surface area (Å²) in [5.41, 5.74) is 3.07. The first kappa shape index (κ1) is 23.6. The van der Waals surface area contributed by atoms with Crippen LogP contribution in [0.15, 0.2) is 72.8 Å². The first-order valence-corrected chi connectivity index (χ1v) is 10.6. The molecule has 1 N–H and O–H groups in total. The third kappa shape index (κ3) is 6.71. The lowest BCUT2D eigenvalue weighted by molar-refractivity contribution is -0.118. The number of hydrogen-bond acceptors (Lipinski definition) is 5. The highest BCUT2D eigenvalue weighted by Gasteiger charge is 2.11. The van der Waals surface area contributed by atoms with Crippen molar-refractivity contribution >= 4 is 23.5 Å². The Hall–Kier alpha value is -4.06. The Balaban J connectivity index is 1.67. The molecule has 0 aromatic heterocycles. The minimum atomic E-state index is -0.271. The summed E-state index contributed by atoms with van der Waals surface area (Å²) in [6.45, 7) is 4.12. The highest BCUT2D eigenvalue weighted by Crippen LogP contribution is 2.29. The van der Waals surface area contributed by atoms with Crippen LogP contribution < -0.4 is 19.5 Å². The second-order valence-electron chi connectivity index (χ2n) is 7.24.